The van der Waals surface area contributed by atoms with Crippen LogP contribution in [0.3, 0.4) is 0 Å². The predicted octanol–water partition coefficient (Wildman–Crippen LogP) is 2.52. The molecule has 1 aliphatic heterocycles. The van der Waals surface area contributed by atoms with Gasteiger partial charge in [0.05, 0.1) is 0 Å². The van der Waals surface area contributed by atoms with Crippen molar-refractivity contribution >= 4 is 0 Å². The summed E-state index contributed by atoms with van der Waals surface area (Å²) in [5.41, 5.74) is 0.809. The second-order valence-corrected chi connectivity index (χ2v) is 6.65. The molecule has 1 nitrogen and oxygen atoms in total. The molecule has 1 saturated heterocycles. The van der Waals surface area contributed by atoms with Crippen LogP contribution in [0.15, 0.2) is 0 Å². The molecule has 78 valence electrons. The lowest BCUT2D eigenvalue weighted by Gasteiger charge is -2.60. The van der Waals surface area contributed by atoms with Crippen molar-refractivity contribution in [1.82, 2.24) is 4.90 Å². The Morgan fingerprint density at radius 1 is 1.07 bits per heavy atom. The van der Waals surface area contributed by atoms with Gasteiger partial charge in [-0.25, -0.2) is 0 Å². The molecule has 1 heterocycles. The van der Waals surface area contributed by atoms with Crippen LogP contribution in [0.1, 0.15) is 38.5 Å². The maximum Gasteiger partial charge on any atom is 0.0178 e. The molecule has 1 spiro atoms. The highest BCUT2D eigenvalue weighted by atomic mass is 15.2. The highest BCUT2D eigenvalue weighted by Gasteiger charge is 2.60. The molecule has 1 heteroatoms. The highest BCUT2D eigenvalue weighted by molar-refractivity contribution is 5.12. The van der Waals surface area contributed by atoms with Crippen LogP contribution in [0.2, 0.25) is 0 Å². The first-order chi connectivity index (χ1) is 6.77. The summed E-state index contributed by atoms with van der Waals surface area (Å²) in [5.74, 6) is 3.36. The molecule has 0 N–H and O–H groups in total. The monoisotopic (exact) mass is 191 g/mol. The Morgan fingerprint density at radius 2 is 1.79 bits per heavy atom. The Kier molecular flexibility index (Phi) is 1.38. The molecule has 0 amide bonds. The van der Waals surface area contributed by atoms with E-state index in [1.807, 2.05) is 0 Å². The lowest BCUT2D eigenvalue weighted by Crippen LogP contribution is -2.56. The van der Waals surface area contributed by atoms with Gasteiger partial charge in [-0.1, -0.05) is 0 Å². The van der Waals surface area contributed by atoms with E-state index < -0.39 is 0 Å². The van der Waals surface area contributed by atoms with Crippen molar-refractivity contribution in [2.75, 3.05) is 13.6 Å². The first-order valence-corrected chi connectivity index (χ1v) is 6.47. The average molecular weight is 191 g/mol. The third-order valence-electron chi connectivity index (χ3n) is 5.84. The molecule has 0 radical (unpaired) electrons. The molecule has 0 aromatic rings. The minimum Gasteiger partial charge on any atom is -0.303 e. The van der Waals surface area contributed by atoms with Crippen molar-refractivity contribution in [3.63, 3.8) is 0 Å². The number of nitrogens with zero attached hydrogens (tertiary/aromatic N) is 1. The summed E-state index contributed by atoms with van der Waals surface area (Å²) >= 11 is 0. The van der Waals surface area contributed by atoms with Gasteiger partial charge in [0.2, 0.25) is 0 Å². The van der Waals surface area contributed by atoms with Gasteiger partial charge >= 0.3 is 0 Å². The lowest BCUT2D eigenvalue weighted by molar-refractivity contribution is -0.0864. The molecular formula is C13H21N. The summed E-state index contributed by atoms with van der Waals surface area (Å²) in [5, 5.41) is 0. The molecule has 4 bridgehead atoms. The fourth-order valence-electron chi connectivity index (χ4n) is 5.90. The Hall–Kier alpha value is -0.0400. The van der Waals surface area contributed by atoms with Crippen LogP contribution in [0.4, 0.5) is 0 Å². The molecule has 5 rings (SSSR count). The van der Waals surface area contributed by atoms with E-state index in [1.165, 1.54) is 13.0 Å². The molecule has 5 fully saturated rings. The van der Waals surface area contributed by atoms with Gasteiger partial charge in [-0.2, -0.15) is 0 Å². The summed E-state index contributed by atoms with van der Waals surface area (Å²) < 4.78 is 0. The largest absolute Gasteiger partial charge is 0.303 e. The van der Waals surface area contributed by atoms with Gasteiger partial charge < -0.3 is 4.90 Å². The summed E-state index contributed by atoms with van der Waals surface area (Å²) in [4.78, 5) is 2.70. The molecular weight excluding hydrogens is 170 g/mol. The van der Waals surface area contributed by atoms with Crippen molar-refractivity contribution in [2.45, 2.75) is 44.6 Å². The number of rotatable bonds is 0. The molecule has 4 saturated carbocycles. The Bertz CT molecular complexity index is 258. The average Bonchev–Trinajstić information content (AvgIpc) is 2.42. The maximum absolute atomic E-state index is 2.70. The molecule has 2 unspecified atom stereocenters. The first-order valence-electron chi connectivity index (χ1n) is 6.47. The minimum atomic E-state index is 0.809. The quantitative estimate of drug-likeness (QED) is 0.568. The molecule has 14 heavy (non-hydrogen) atoms. The van der Waals surface area contributed by atoms with Gasteiger partial charge in [-0.05, 0) is 75.3 Å². The van der Waals surface area contributed by atoms with Crippen molar-refractivity contribution in [3.05, 3.63) is 0 Å². The Labute approximate surface area is 86.9 Å². The summed E-state index contributed by atoms with van der Waals surface area (Å²) in [6.45, 7) is 1.39. The van der Waals surface area contributed by atoms with Gasteiger partial charge in [-0.15, -0.1) is 0 Å². The lowest BCUT2D eigenvalue weighted by atomic mass is 9.47. The van der Waals surface area contributed by atoms with Crippen LogP contribution in [0, 0.1) is 23.2 Å². The van der Waals surface area contributed by atoms with Crippen LogP contribution in [-0.4, -0.2) is 24.5 Å². The second-order valence-electron chi connectivity index (χ2n) is 6.65. The Balaban J connectivity index is 1.79. The van der Waals surface area contributed by atoms with Crippen LogP contribution in [0.5, 0.6) is 0 Å². The minimum absolute atomic E-state index is 0.809. The van der Waals surface area contributed by atoms with E-state index in [1.54, 1.807) is 32.1 Å². The van der Waals surface area contributed by atoms with E-state index in [-0.39, 0.29) is 0 Å². The first kappa shape index (κ1) is 8.15. The van der Waals surface area contributed by atoms with Gasteiger partial charge in [0, 0.05) is 6.04 Å². The van der Waals surface area contributed by atoms with E-state index in [2.05, 4.69) is 11.9 Å². The van der Waals surface area contributed by atoms with E-state index in [9.17, 15) is 0 Å². The van der Waals surface area contributed by atoms with Gasteiger partial charge in [0.25, 0.3) is 0 Å². The SMILES string of the molecule is CN1CCC23C[C@@H]4CC(C[C@@H](C4)C2)[C@H]13. The van der Waals surface area contributed by atoms with Gasteiger partial charge in [0.15, 0.2) is 0 Å². The molecule has 0 aromatic heterocycles. The molecule has 5 atom stereocenters. The standard InChI is InChI=1S/C13H21N/c1-14-3-2-13-7-9-4-10(8-13)6-11(5-9)12(13)14/h9-12H,2-8H2,1H3/t9-,10+,11?,12-,13?/m0/s1. The van der Waals surface area contributed by atoms with Crippen molar-refractivity contribution in [3.8, 4) is 0 Å². The fourth-order valence-corrected chi connectivity index (χ4v) is 5.90. The van der Waals surface area contributed by atoms with Crippen molar-refractivity contribution < 1.29 is 0 Å². The van der Waals surface area contributed by atoms with E-state index in [0.29, 0.717) is 0 Å². The zero-order chi connectivity index (χ0) is 9.34. The summed E-state index contributed by atoms with van der Waals surface area (Å²) in [6, 6.07) is 0.996. The van der Waals surface area contributed by atoms with Crippen molar-refractivity contribution in [2.24, 2.45) is 23.2 Å². The highest BCUT2D eigenvalue weighted by Crippen LogP contribution is 2.64. The zero-order valence-corrected chi connectivity index (χ0v) is 9.21. The van der Waals surface area contributed by atoms with Gasteiger partial charge in [-0.3, -0.25) is 0 Å². The van der Waals surface area contributed by atoms with Crippen LogP contribution < -0.4 is 0 Å². The summed E-state index contributed by atoms with van der Waals surface area (Å²) in [6.07, 6.45) is 9.46. The number of hydrogen-bond donors (Lipinski definition) is 0. The number of likely N-dealkylation sites (tertiary alicyclic amines) is 1. The smallest absolute Gasteiger partial charge is 0.0178 e. The maximum atomic E-state index is 2.70. The van der Waals surface area contributed by atoms with Crippen LogP contribution >= 0.6 is 0 Å². The molecule has 4 aliphatic carbocycles. The predicted molar refractivity (Wildman–Crippen MR) is 57.0 cm³/mol. The zero-order valence-electron chi connectivity index (χ0n) is 9.21. The van der Waals surface area contributed by atoms with Crippen LogP contribution in [-0.2, 0) is 0 Å². The third-order valence-corrected chi connectivity index (χ3v) is 5.84. The van der Waals surface area contributed by atoms with Crippen molar-refractivity contribution in [1.29, 1.82) is 0 Å². The Morgan fingerprint density at radius 3 is 2.50 bits per heavy atom. The van der Waals surface area contributed by atoms with Gasteiger partial charge in [0.1, 0.15) is 0 Å². The van der Waals surface area contributed by atoms with E-state index >= 15 is 0 Å². The van der Waals surface area contributed by atoms with E-state index in [4.69, 9.17) is 0 Å². The molecule has 5 aliphatic rings. The summed E-state index contributed by atoms with van der Waals surface area (Å²) in [7, 11) is 2.38. The third kappa shape index (κ3) is 0.816. The molecule has 0 aromatic carbocycles. The normalized spacial score (nSPS) is 60.6. The van der Waals surface area contributed by atoms with Crippen LogP contribution in [0.25, 0.3) is 0 Å². The second kappa shape index (κ2) is 2.37. The van der Waals surface area contributed by atoms with E-state index in [0.717, 1.165) is 29.2 Å². The topological polar surface area (TPSA) is 3.24 Å². The fraction of sp³-hybridized carbons (Fsp3) is 1.00. The number of hydrogen-bond acceptors (Lipinski definition) is 1.